The number of carbonyl (C=O) groups excluding carboxylic acids is 1. The molecule has 1 aromatic carbocycles. The predicted octanol–water partition coefficient (Wildman–Crippen LogP) is 3.56. The molecule has 1 aliphatic rings. The molecule has 1 atom stereocenters. The fraction of sp³-hybridized carbons (Fsp3) is 0.588. The Morgan fingerprint density at radius 3 is 2.38 bits per heavy atom. The van der Waals surface area contributed by atoms with Crippen molar-refractivity contribution in [3.05, 3.63) is 22.2 Å². The summed E-state index contributed by atoms with van der Waals surface area (Å²) in [4.78, 5) is 14.0. The summed E-state index contributed by atoms with van der Waals surface area (Å²) >= 11 is 3.43. The summed E-state index contributed by atoms with van der Waals surface area (Å²) in [5.74, 6) is -0.127. The fourth-order valence-electron chi connectivity index (χ4n) is 3.34. The van der Waals surface area contributed by atoms with Crippen molar-refractivity contribution in [2.45, 2.75) is 57.9 Å². The van der Waals surface area contributed by atoms with Gasteiger partial charge in [-0.3, -0.25) is 4.79 Å². The summed E-state index contributed by atoms with van der Waals surface area (Å²) in [6.07, 6.45) is 2.17. The van der Waals surface area contributed by atoms with Crippen LogP contribution in [0.25, 0.3) is 0 Å². The van der Waals surface area contributed by atoms with Crippen LogP contribution in [0.1, 0.15) is 46.1 Å². The van der Waals surface area contributed by atoms with Crippen LogP contribution >= 0.6 is 15.9 Å². The van der Waals surface area contributed by atoms with Crippen molar-refractivity contribution in [1.29, 1.82) is 0 Å². The molecule has 1 aliphatic heterocycles. The Hall–Kier alpha value is -0.920. The molecule has 0 saturated heterocycles. The summed E-state index contributed by atoms with van der Waals surface area (Å²) in [5, 5.41) is 0. The lowest BCUT2D eigenvalue weighted by Crippen LogP contribution is -2.37. The summed E-state index contributed by atoms with van der Waals surface area (Å²) < 4.78 is 28.8. The average molecular weight is 417 g/mol. The number of fused-ring (bicyclic) bond motifs is 1. The van der Waals surface area contributed by atoms with Gasteiger partial charge in [-0.05, 0) is 43.9 Å². The molecule has 0 aliphatic carbocycles. The predicted molar refractivity (Wildman–Crippen MR) is 99.8 cm³/mol. The van der Waals surface area contributed by atoms with Crippen LogP contribution in [0.15, 0.2) is 21.5 Å². The fourth-order valence-corrected chi connectivity index (χ4v) is 5.87. The molecule has 0 fully saturated rings. The van der Waals surface area contributed by atoms with Crippen molar-refractivity contribution in [3.8, 4) is 0 Å². The highest BCUT2D eigenvalue weighted by molar-refractivity contribution is 9.10. The Balaban J connectivity index is 2.65. The van der Waals surface area contributed by atoms with Gasteiger partial charge in [0.15, 0.2) is 0 Å². The number of anilines is 1. The van der Waals surface area contributed by atoms with Gasteiger partial charge in [0.05, 0.1) is 5.69 Å². The SMILES string of the molecule is CCCN(CCC)S(=O)(=O)c1cc(Br)cc2c1N(C(C)=O)C(C)C2. The van der Waals surface area contributed by atoms with Crippen molar-refractivity contribution in [3.63, 3.8) is 0 Å². The first kappa shape index (κ1) is 19.4. The Morgan fingerprint density at radius 2 is 1.88 bits per heavy atom. The smallest absolute Gasteiger partial charge is 0.245 e. The first-order valence-corrected chi connectivity index (χ1v) is 10.6. The largest absolute Gasteiger partial charge is 0.308 e. The highest BCUT2D eigenvalue weighted by atomic mass is 79.9. The molecule has 7 heteroatoms. The van der Waals surface area contributed by atoms with E-state index in [0.29, 0.717) is 25.2 Å². The number of sulfonamides is 1. The molecule has 1 amide bonds. The van der Waals surface area contributed by atoms with Gasteiger partial charge >= 0.3 is 0 Å². The third kappa shape index (κ3) is 3.53. The zero-order valence-electron chi connectivity index (χ0n) is 14.7. The van der Waals surface area contributed by atoms with Gasteiger partial charge in [-0.25, -0.2) is 8.42 Å². The molecule has 1 unspecified atom stereocenters. The zero-order valence-corrected chi connectivity index (χ0v) is 17.1. The monoisotopic (exact) mass is 416 g/mol. The molecule has 1 aromatic rings. The first-order chi connectivity index (χ1) is 11.2. The van der Waals surface area contributed by atoms with E-state index >= 15 is 0 Å². The van der Waals surface area contributed by atoms with Crippen molar-refractivity contribution in [2.24, 2.45) is 0 Å². The average Bonchev–Trinajstić information content (AvgIpc) is 2.81. The second-order valence-electron chi connectivity index (χ2n) is 6.26. The molecule has 5 nitrogen and oxygen atoms in total. The highest BCUT2D eigenvalue weighted by Crippen LogP contribution is 2.41. The van der Waals surface area contributed by atoms with E-state index in [0.717, 1.165) is 22.9 Å². The number of hydrogen-bond donors (Lipinski definition) is 0. The lowest BCUT2D eigenvalue weighted by molar-refractivity contribution is -0.116. The number of halogens is 1. The van der Waals surface area contributed by atoms with Crippen LogP contribution in [0.3, 0.4) is 0 Å². The van der Waals surface area contributed by atoms with E-state index in [2.05, 4.69) is 15.9 Å². The summed E-state index contributed by atoms with van der Waals surface area (Å²) in [7, 11) is -3.65. The van der Waals surface area contributed by atoms with Gasteiger partial charge in [0, 0.05) is 30.5 Å². The van der Waals surface area contributed by atoms with Crippen LogP contribution in [0.5, 0.6) is 0 Å². The molecule has 0 spiro atoms. The van der Waals surface area contributed by atoms with Gasteiger partial charge in [0.25, 0.3) is 0 Å². The Bertz CT molecular complexity index is 728. The van der Waals surface area contributed by atoms with Crippen molar-refractivity contribution in [1.82, 2.24) is 4.31 Å². The molecule has 1 heterocycles. The van der Waals surface area contributed by atoms with Crippen molar-refractivity contribution in [2.75, 3.05) is 18.0 Å². The highest BCUT2D eigenvalue weighted by Gasteiger charge is 2.37. The number of nitrogens with zero attached hydrogens (tertiary/aromatic N) is 2. The van der Waals surface area contributed by atoms with Crippen LogP contribution in [0.4, 0.5) is 5.69 Å². The van der Waals surface area contributed by atoms with Gasteiger partial charge in [-0.15, -0.1) is 0 Å². The second kappa shape index (κ2) is 7.54. The molecule has 0 radical (unpaired) electrons. The molecule has 0 aromatic heterocycles. The van der Waals surface area contributed by atoms with Crippen LogP contribution in [0.2, 0.25) is 0 Å². The Morgan fingerprint density at radius 1 is 1.29 bits per heavy atom. The summed E-state index contributed by atoms with van der Waals surface area (Å²) in [6.45, 7) is 8.32. The summed E-state index contributed by atoms with van der Waals surface area (Å²) in [6, 6.07) is 3.50. The number of hydrogen-bond acceptors (Lipinski definition) is 3. The normalized spacial score (nSPS) is 17.4. The maximum Gasteiger partial charge on any atom is 0.245 e. The molecule has 134 valence electrons. The van der Waals surface area contributed by atoms with Crippen molar-refractivity contribution >= 4 is 37.5 Å². The zero-order chi connectivity index (χ0) is 18.1. The third-order valence-corrected chi connectivity index (χ3v) is 6.59. The van der Waals surface area contributed by atoms with Crippen LogP contribution in [-0.2, 0) is 21.2 Å². The van der Waals surface area contributed by atoms with Crippen LogP contribution in [0, 0.1) is 0 Å². The maximum atomic E-state index is 13.3. The second-order valence-corrected chi connectivity index (χ2v) is 9.08. The molecular formula is C17H25BrN2O3S. The topological polar surface area (TPSA) is 57.7 Å². The quantitative estimate of drug-likeness (QED) is 0.711. The van der Waals surface area contributed by atoms with E-state index in [9.17, 15) is 13.2 Å². The van der Waals surface area contributed by atoms with Gasteiger partial charge in [0.1, 0.15) is 4.90 Å². The minimum atomic E-state index is -3.65. The van der Waals surface area contributed by atoms with E-state index in [1.165, 1.54) is 11.2 Å². The molecule has 0 bridgehead atoms. The van der Waals surface area contributed by atoms with Gasteiger partial charge in [-0.1, -0.05) is 29.8 Å². The minimum Gasteiger partial charge on any atom is -0.308 e. The molecule has 24 heavy (non-hydrogen) atoms. The number of rotatable bonds is 6. The number of amides is 1. The van der Waals surface area contributed by atoms with E-state index in [1.54, 1.807) is 11.0 Å². The number of benzene rings is 1. The van der Waals surface area contributed by atoms with E-state index in [-0.39, 0.29) is 16.8 Å². The lowest BCUT2D eigenvalue weighted by Gasteiger charge is -2.26. The third-order valence-electron chi connectivity index (χ3n) is 4.22. The standard InChI is InChI=1S/C17H25BrN2O3S/c1-5-7-19(8-6-2)24(22,23)16-11-15(18)10-14-9-12(3)20(13(4)21)17(14)16/h10-12H,5-9H2,1-4H3. The van der Waals surface area contributed by atoms with Gasteiger partial charge in [0.2, 0.25) is 15.9 Å². The Kier molecular flexibility index (Phi) is 6.09. The van der Waals surface area contributed by atoms with E-state index in [1.807, 2.05) is 26.8 Å². The molecule has 0 N–H and O–H groups in total. The first-order valence-electron chi connectivity index (χ1n) is 8.36. The van der Waals surface area contributed by atoms with E-state index in [4.69, 9.17) is 0 Å². The maximum absolute atomic E-state index is 13.3. The Labute approximate surface area is 153 Å². The van der Waals surface area contributed by atoms with Crippen LogP contribution in [-0.4, -0.2) is 37.8 Å². The van der Waals surface area contributed by atoms with Crippen molar-refractivity contribution < 1.29 is 13.2 Å². The molecule has 0 saturated carbocycles. The molecular weight excluding hydrogens is 392 g/mol. The minimum absolute atomic E-state index is 0.0356. The molecule has 2 rings (SSSR count). The summed E-state index contributed by atoms with van der Waals surface area (Å²) in [5.41, 5.74) is 1.45. The lowest BCUT2D eigenvalue weighted by atomic mass is 10.1. The van der Waals surface area contributed by atoms with Gasteiger partial charge < -0.3 is 4.90 Å². The number of carbonyl (C=O) groups is 1. The van der Waals surface area contributed by atoms with Crippen LogP contribution < -0.4 is 4.90 Å². The van der Waals surface area contributed by atoms with E-state index < -0.39 is 10.0 Å². The van der Waals surface area contributed by atoms with Gasteiger partial charge in [-0.2, -0.15) is 4.31 Å².